The zero-order valence-corrected chi connectivity index (χ0v) is 17.4. The second-order valence-corrected chi connectivity index (χ2v) is 8.17. The van der Waals surface area contributed by atoms with Gasteiger partial charge in [-0.1, -0.05) is 96.2 Å². The third-order valence-electron chi connectivity index (χ3n) is 4.97. The van der Waals surface area contributed by atoms with Crippen molar-refractivity contribution in [2.75, 3.05) is 13.1 Å². The van der Waals surface area contributed by atoms with E-state index in [4.69, 9.17) is 0 Å². The molecule has 0 saturated heterocycles. The van der Waals surface area contributed by atoms with Gasteiger partial charge in [-0.2, -0.15) is 0 Å². The highest BCUT2D eigenvalue weighted by Gasteiger charge is 2.24. The standard InChI is InChI=1S/C25H24N2OS/c1-19-6-5-7-21(16-19)18-29-25-26-14-15-27(25)24(28)17-20-10-12-23(13-11-20)22-8-3-2-4-9-22/h2-13,16H,14-15,17-18H2,1H3. The first kappa shape index (κ1) is 19.5. The predicted octanol–water partition coefficient (Wildman–Crippen LogP) is 5.34. The summed E-state index contributed by atoms with van der Waals surface area (Å²) in [5, 5.41) is 0.845. The van der Waals surface area contributed by atoms with Crippen LogP contribution in [0.3, 0.4) is 0 Å². The normalized spacial score (nSPS) is 13.4. The second-order valence-electron chi connectivity index (χ2n) is 7.23. The van der Waals surface area contributed by atoms with E-state index in [1.807, 2.05) is 35.2 Å². The molecule has 3 aromatic rings. The summed E-state index contributed by atoms with van der Waals surface area (Å²) in [4.78, 5) is 19.3. The summed E-state index contributed by atoms with van der Waals surface area (Å²) in [6.07, 6.45) is 0.402. The quantitative estimate of drug-likeness (QED) is 0.579. The molecule has 1 aliphatic rings. The first-order valence-corrected chi connectivity index (χ1v) is 10.8. The highest BCUT2D eigenvalue weighted by atomic mass is 32.2. The van der Waals surface area contributed by atoms with Gasteiger partial charge in [-0.25, -0.2) is 0 Å². The number of aryl methyl sites for hydroxylation is 1. The maximum atomic E-state index is 12.9. The predicted molar refractivity (Wildman–Crippen MR) is 122 cm³/mol. The van der Waals surface area contributed by atoms with Gasteiger partial charge in [0.05, 0.1) is 13.0 Å². The lowest BCUT2D eigenvalue weighted by atomic mass is 10.0. The molecule has 4 heteroatoms. The number of amidine groups is 1. The Morgan fingerprint density at radius 1 is 0.931 bits per heavy atom. The Labute approximate surface area is 176 Å². The Balaban J connectivity index is 1.37. The summed E-state index contributed by atoms with van der Waals surface area (Å²) in [7, 11) is 0. The molecule has 0 radical (unpaired) electrons. The van der Waals surface area contributed by atoms with Crippen molar-refractivity contribution in [3.05, 3.63) is 95.6 Å². The number of hydrogen-bond donors (Lipinski definition) is 0. The Kier molecular flexibility index (Phi) is 6.11. The maximum Gasteiger partial charge on any atom is 0.233 e. The topological polar surface area (TPSA) is 32.7 Å². The van der Waals surface area contributed by atoms with Crippen molar-refractivity contribution in [3.63, 3.8) is 0 Å². The summed E-state index contributed by atoms with van der Waals surface area (Å²) in [6.45, 7) is 3.46. The van der Waals surface area contributed by atoms with Gasteiger partial charge in [0.25, 0.3) is 0 Å². The van der Waals surface area contributed by atoms with Crippen LogP contribution in [0.2, 0.25) is 0 Å². The van der Waals surface area contributed by atoms with Crippen LogP contribution in [0.15, 0.2) is 83.9 Å². The van der Waals surface area contributed by atoms with Crippen LogP contribution >= 0.6 is 11.8 Å². The number of rotatable bonds is 5. The van der Waals surface area contributed by atoms with Crippen LogP contribution < -0.4 is 0 Å². The molecule has 0 saturated carbocycles. The lowest BCUT2D eigenvalue weighted by Gasteiger charge is -2.18. The van der Waals surface area contributed by atoms with Gasteiger partial charge in [0.2, 0.25) is 5.91 Å². The van der Waals surface area contributed by atoms with Crippen LogP contribution in [0.4, 0.5) is 0 Å². The molecule has 4 rings (SSSR count). The fourth-order valence-electron chi connectivity index (χ4n) is 3.45. The number of carbonyl (C=O) groups excluding carboxylic acids is 1. The van der Waals surface area contributed by atoms with E-state index in [0.29, 0.717) is 19.5 Å². The van der Waals surface area contributed by atoms with Crippen molar-refractivity contribution in [1.29, 1.82) is 0 Å². The highest BCUT2D eigenvalue weighted by Crippen LogP contribution is 2.22. The Morgan fingerprint density at radius 3 is 2.45 bits per heavy atom. The average molecular weight is 401 g/mol. The van der Waals surface area contributed by atoms with Crippen molar-refractivity contribution in [1.82, 2.24) is 4.90 Å². The molecule has 0 aliphatic carbocycles. The average Bonchev–Trinajstić information content (AvgIpc) is 3.22. The molecule has 0 N–H and O–H groups in total. The number of thioether (sulfide) groups is 1. The number of aliphatic imine (C=N–C) groups is 1. The Bertz CT molecular complexity index is 1010. The summed E-state index contributed by atoms with van der Waals surface area (Å²) in [5.41, 5.74) is 5.90. The fraction of sp³-hybridized carbons (Fsp3) is 0.200. The Hall–Kier alpha value is -2.85. The first-order valence-electron chi connectivity index (χ1n) is 9.86. The lowest BCUT2D eigenvalue weighted by Crippen LogP contribution is -2.34. The number of benzene rings is 3. The van der Waals surface area contributed by atoms with Crippen LogP contribution in [0.5, 0.6) is 0 Å². The largest absolute Gasteiger partial charge is 0.289 e. The van der Waals surface area contributed by atoms with Crippen molar-refractivity contribution in [2.45, 2.75) is 19.1 Å². The van der Waals surface area contributed by atoms with Crippen molar-refractivity contribution >= 4 is 22.8 Å². The first-order chi connectivity index (χ1) is 14.2. The van der Waals surface area contributed by atoms with Crippen molar-refractivity contribution in [3.8, 4) is 11.1 Å². The Morgan fingerprint density at radius 2 is 1.69 bits per heavy atom. The third kappa shape index (κ3) is 4.96. The minimum Gasteiger partial charge on any atom is -0.289 e. The molecular formula is C25H24N2OS. The monoisotopic (exact) mass is 400 g/mol. The van der Waals surface area contributed by atoms with Gasteiger partial charge < -0.3 is 0 Å². The van der Waals surface area contributed by atoms with E-state index in [2.05, 4.69) is 60.4 Å². The van der Waals surface area contributed by atoms with E-state index in [-0.39, 0.29) is 5.91 Å². The van der Waals surface area contributed by atoms with Crippen LogP contribution in [-0.4, -0.2) is 29.1 Å². The van der Waals surface area contributed by atoms with E-state index in [0.717, 1.165) is 16.5 Å². The summed E-state index contributed by atoms with van der Waals surface area (Å²) in [6, 6.07) is 27.0. The van der Waals surface area contributed by atoms with Gasteiger partial charge in [0.15, 0.2) is 5.17 Å². The SMILES string of the molecule is Cc1cccc(CSC2=NCCN2C(=O)Cc2ccc(-c3ccccc3)cc2)c1. The molecule has 29 heavy (non-hydrogen) atoms. The van der Waals surface area contributed by atoms with Gasteiger partial charge in [0, 0.05) is 12.3 Å². The molecule has 3 aromatic carbocycles. The summed E-state index contributed by atoms with van der Waals surface area (Å²) < 4.78 is 0. The zero-order chi connectivity index (χ0) is 20.1. The smallest absolute Gasteiger partial charge is 0.233 e. The van der Waals surface area contributed by atoms with Gasteiger partial charge in [0.1, 0.15) is 0 Å². The molecule has 0 fully saturated rings. The van der Waals surface area contributed by atoms with E-state index >= 15 is 0 Å². The van der Waals surface area contributed by atoms with Crippen LogP contribution in [-0.2, 0) is 17.0 Å². The van der Waals surface area contributed by atoms with Crippen molar-refractivity contribution in [2.24, 2.45) is 4.99 Å². The van der Waals surface area contributed by atoms with Gasteiger partial charge in [-0.05, 0) is 29.2 Å². The van der Waals surface area contributed by atoms with E-state index in [9.17, 15) is 4.79 Å². The minimum absolute atomic E-state index is 0.116. The molecule has 3 nitrogen and oxygen atoms in total. The van der Waals surface area contributed by atoms with Gasteiger partial charge in [-0.3, -0.25) is 14.7 Å². The van der Waals surface area contributed by atoms with Gasteiger partial charge in [-0.15, -0.1) is 0 Å². The van der Waals surface area contributed by atoms with E-state index in [1.165, 1.54) is 22.3 Å². The molecule has 0 aromatic heterocycles. The van der Waals surface area contributed by atoms with E-state index in [1.54, 1.807) is 11.8 Å². The molecule has 1 amide bonds. The summed E-state index contributed by atoms with van der Waals surface area (Å²) >= 11 is 1.65. The molecule has 0 bridgehead atoms. The fourth-order valence-corrected chi connectivity index (χ4v) is 4.45. The van der Waals surface area contributed by atoms with Crippen LogP contribution in [0.1, 0.15) is 16.7 Å². The zero-order valence-electron chi connectivity index (χ0n) is 16.5. The second kappa shape index (κ2) is 9.10. The molecule has 0 atom stereocenters. The number of carbonyl (C=O) groups is 1. The van der Waals surface area contributed by atoms with Crippen LogP contribution in [0, 0.1) is 6.92 Å². The van der Waals surface area contributed by atoms with E-state index < -0.39 is 0 Å². The van der Waals surface area contributed by atoms with Gasteiger partial charge >= 0.3 is 0 Å². The number of hydrogen-bond acceptors (Lipinski definition) is 3. The minimum atomic E-state index is 0.116. The van der Waals surface area contributed by atoms with Crippen LogP contribution in [0.25, 0.3) is 11.1 Å². The molecule has 0 unspecified atom stereocenters. The maximum absolute atomic E-state index is 12.9. The molecule has 1 aliphatic heterocycles. The molecular weight excluding hydrogens is 376 g/mol. The summed E-state index contributed by atoms with van der Waals surface area (Å²) in [5.74, 6) is 0.946. The number of amides is 1. The van der Waals surface area contributed by atoms with Crippen molar-refractivity contribution < 1.29 is 4.79 Å². The number of nitrogens with zero attached hydrogens (tertiary/aromatic N) is 2. The molecule has 1 heterocycles. The molecule has 0 spiro atoms. The lowest BCUT2D eigenvalue weighted by molar-refractivity contribution is -0.126. The third-order valence-corrected chi connectivity index (χ3v) is 6.05. The molecule has 146 valence electrons. The highest BCUT2D eigenvalue weighted by molar-refractivity contribution is 8.13.